The molecule has 1 aliphatic heterocycles. The van der Waals surface area contributed by atoms with Gasteiger partial charge in [0.05, 0.1) is 17.3 Å². The maximum absolute atomic E-state index is 13.3. The van der Waals surface area contributed by atoms with Crippen molar-refractivity contribution in [3.8, 4) is 11.6 Å². The molecular formula is C26H27FN4O5S. The highest BCUT2D eigenvalue weighted by Gasteiger charge is 2.27. The number of carbonyl (C=O) groups excluding carboxylic acids is 1. The molecule has 2 N–H and O–H groups in total. The van der Waals surface area contributed by atoms with Crippen LogP contribution in [0.3, 0.4) is 0 Å². The van der Waals surface area contributed by atoms with Crippen LogP contribution in [-0.2, 0) is 27.8 Å². The van der Waals surface area contributed by atoms with Crippen LogP contribution >= 0.6 is 0 Å². The zero-order valence-electron chi connectivity index (χ0n) is 20.5. The van der Waals surface area contributed by atoms with Crippen LogP contribution in [0.4, 0.5) is 10.1 Å². The second-order valence-electron chi connectivity index (χ2n) is 9.39. The predicted octanol–water partition coefficient (Wildman–Crippen LogP) is 3.35. The molecule has 1 fully saturated rings. The number of hydrogen-bond donors (Lipinski definition) is 2. The summed E-state index contributed by atoms with van der Waals surface area (Å²) in [6, 6.07) is 7.80. The van der Waals surface area contributed by atoms with Gasteiger partial charge in [-0.2, -0.15) is 0 Å². The fourth-order valence-electron chi connectivity index (χ4n) is 4.88. The summed E-state index contributed by atoms with van der Waals surface area (Å²) in [5, 5.41) is 23.0. The lowest BCUT2D eigenvalue weighted by Crippen LogP contribution is -2.28. The molecule has 2 aromatic carbocycles. The van der Waals surface area contributed by atoms with Crippen molar-refractivity contribution in [1.29, 1.82) is 0 Å². The molecule has 0 bridgehead atoms. The molecule has 0 radical (unpaired) electrons. The zero-order valence-corrected chi connectivity index (χ0v) is 21.3. The van der Waals surface area contributed by atoms with Gasteiger partial charge in [-0.3, -0.25) is 14.1 Å². The van der Waals surface area contributed by atoms with Crippen molar-refractivity contribution in [3.63, 3.8) is 0 Å². The van der Waals surface area contributed by atoms with E-state index in [4.69, 9.17) is 0 Å². The van der Waals surface area contributed by atoms with Gasteiger partial charge in [-0.15, -0.1) is 0 Å². The van der Waals surface area contributed by atoms with E-state index in [9.17, 15) is 27.8 Å². The van der Waals surface area contributed by atoms with Crippen molar-refractivity contribution in [2.75, 3.05) is 30.7 Å². The van der Waals surface area contributed by atoms with Gasteiger partial charge in [-0.1, -0.05) is 12.1 Å². The third kappa shape index (κ3) is 4.55. The van der Waals surface area contributed by atoms with Gasteiger partial charge < -0.3 is 19.7 Å². The standard InChI is InChI=1S/C26H27FN4O5S/c1-29(37(2,35)36)24-19-13-17(12-16-5-7-18(27)8-6-16)14-28-23(19)25(33)22-20(24)15-31(26(22)34)11-10-30-9-3-4-21(30)32/h5-8,13-15,33-34H,3-4,9-12H2,1-2H3. The lowest BCUT2D eigenvalue weighted by atomic mass is 10.0. The smallest absolute Gasteiger partial charge is 0.232 e. The van der Waals surface area contributed by atoms with Gasteiger partial charge in [-0.25, -0.2) is 12.8 Å². The van der Waals surface area contributed by atoms with Crippen molar-refractivity contribution in [1.82, 2.24) is 14.5 Å². The molecule has 0 spiro atoms. The number of halogens is 1. The van der Waals surface area contributed by atoms with Gasteiger partial charge in [0.25, 0.3) is 0 Å². The molecule has 37 heavy (non-hydrogen) atoms. The van der Waals surface area contributed by atoms with Crippen LogP contribution < -0.4 is 4.31 Å². The number of amides is 1. The Kier molecular flexibility index (Phi) is 6.18. The van der Waals surface area contributed by atoms with Crippen molar-refractivity contribution in [3.05, 3.63) is 59.7 Å². The van der Waals surface area contributed by atoms with E-state index in [0.717, 1.165) is 28.1 Å². The number of aromatic hydroxyl groups is 2. The monoisotopic (exact) mass is 526 g/mol. The topological polar surface area (TPSA) is 116 Å². The fourth-order valence-corrected chi connectivity index (χ4v) is 5.41. The number of hydrogen-bond acceptors (Lipinski definition) is 6. The predicted molar refractivity (Wildman–Crippen MR) is 139 cm³/mol. The Labute approximate surface area is 213 Å². The van der Waals surface area contributed by atoms with Crippen LogP contribution in [-0.4, -0.2) is 65.4 Å². The Morgan fingerprint density at radius 2 is 1.84 bits per heavy atom. The maximum atomic E-state index is 13.3. The van der Waals surface area contributed by atoms with Gasteiger partial charge in [0.2, 0.25) is 21.8 Å². The molecule has 194 valence electrons. The SMILES string of the molecule is CN(c1c2cc(Cc3ccc(F)cc3)cnc2c(O)c2c(O)n(CCN3CCCC3=O)cc12)S(C)(=O)=O. The van der Waals surface area contributed by atoms with Crippen molar-refractivity contribution in [2.45, 2.75) is 25.8 Å². The molecule has 11 heteroatoms. The van der Waals surface area contributed by atoms with Gasteiger partial charge in [0.1, 0.15) is 11.3 Å². The second kappa shape index (κ2) is 9.22. The Balaban J connectivity index is 1.67. The summed E-state index contributed by atoms with van der Waals surface area (Å²) in [5.41, 5.74) is 1.98. The Hall–Kier alpha value is -3.86. The number of phenols is 1. The van der Waals surface area contributed by atoms with Crippen molar-refractivity contribution < 1.29 is 27.8 Å². The molecule has 1 amide bonds. The number of nitrogens with zero attached hydrogens (tertiary/aromatic N) is 4. The van der Waals surface area contributed by atoms with E-state index in [2.05, 4.69) is 4.98 Å². The first-order chi connectivity index (χ1) is 17.5. The summed E-state index contributed by atoms with van der Waals surface area (Å²) in [4.78, 5) is 18.1. The van der Waals surface area contributed by atoms with E-state index >= 15 is 0 Å². The van der Waals surface area contributed by atoms with E-state index in [-0.39, 0.29) is 46.5 Å². The summed E-state index contributed by atoms with van der Waals surface area (Å²) in [5.74, 6) is -0.790. The highest BCUT2D eigenvalue weighted by molar-refractivity contribution is 7.92. The molecule has 0 unspecified atom stereocenters. The van der Waals surface area contributed by atoms with E-state index in [1.807, 2.05) is 0 Å². The first-order valence-corrected chi connectivity index (χ1v) is 13.7. The summed E-state index contributed by atoms with van der Waals surface area (Å²) in [7, 11) is -2.32. The van der Waals surface area contributed by atoms with E-state index in [1.165, 1.54) is 23.7 Å². The lowest BCUT2D eigenvalue weighted by molar-refractivity contribution is -0.127. The Bertz CT molecular complexity index is 1630. The van der Waals surface area contributed by atoms with Crippen molar-refractivity contribution in [2.24, 2.45) is 0 Å². The van der Waals surface area contributed by atoms with E-state index in [0.29, 0.717) is 36.7 Å². The normalized spacial score (nSPS) is 14.2. The molecule has 0 saturated carbocycles. The summed E-state index contributed by atoms with van der Waals surface area (Å²) < 4.78 is 41.2. The molecule has 9 nitrogen and oxygen atoms in total. The number of pyridine rings is 1. The zero-order chi connectivity index (χ0) is 26.5. The minimum absolute atomic E-state index is 0.0557. The highest BCUT2D eigenvalue weighted by Crippen LogP contribution is 2.46. The minimum Gasteiger partial charge on any atom is -0.505 e. The summed E-state index contributed by atoms with van der Waals surface area (Å²) in [6.07, 6.45) is 5.94. The molecule has 0 aliphatic carbocycles. The largest absolute Gasteiger partial charge is 0.505 e. The van der Waals surface area contributed by atoms with Crippen LogP contribution in [0.2, 0.25) is 0 Å². The molecule has 0 atom stereocenters. The summed E-state index contributed by atoms with van der Waals surface area (Å²) in [6.45, 7) is 1.30. The molecule has 3 heterocycles. The first-order valence-electron chi connectivity index (χ1n) is 11.9. The maximum Gasteiger partial charge on any atom is 0.232 e. The van der Waals surface area contributed by atoms with Crippen LogP contribution in [0.25, 0.3) is 21.7 Å². The Morgan fingerprint density at radius 3 is 2.49 bits per heavy atom. The minimum atomic E-state index is -3.73. The number of phenolic OH excluding ortho intramolecular Hbond substituents is 1. The number of aromatic nitrogens is 2. The molecule has 1 saturated heterocycles. The van der Waals surface area contributed by atoms with Crippen molar-refractivity contribution >= 4 is 43.3 Å². The van der Waals surface area contributed by atoms with Gasteiger partial charge in [-0.05, 0) is 42.2 Å². The Morgan fingerprint density at radius 1 is 1.11 bits per heavy atom. The highest BCUT2D eigenvalue weighted by atomic mass is 32.2. The number of anilines is 1. The molecule has 5 rings (SSSR count). The van der Waals surface area contributed by atoms with Crippen LogP contribution in [0.1, 0.15) is 24.0 Å². The second-order valence-corrected chi connectivity index (χ2v) is 11.4. The average Bonchev–Trinajstić information content (AvgIpc) is 3.41. The number of sulfonamides is 1. The molecular weight excluding hydrogens is 499 g/mol. The van der Waals surface area contributed by atoms with E-state index in [1.54, 1.807) is 35.5 Å². The van der Waals surface area contributed by atoms with Gasteiger partial charge >= 0.3 is 0 Å². The lowest BCUT2D eigenvalue weighted by Gasteiger charge is -2.21. The number of likely N-dealkylation sites (tertiary alicyclic amines) is 1. The van der Waals surface area contributed by atoms with E-state index < -0.39 is 10.0 Å². The fraction of sp³-hybridized carbons (Fsp3) is 0.308. The van der Waals surface area contributed by atoms with Crippen LogP contribution in [0, 0.1) is 5.82 Å². The molecule has 2 aromatic heterocycles. The first kappa shape index (κ1) is 24.8. The quantitative estimate of drug-likeness (QED) is 0.382. The van der Waals surface area contributed by atoms with Crippen LogP contribution in [0.15, 0.2) is 42.7 Å². The van der Waals surface area contributed by atoms with Crippen LogP contribution in [0.5, 0.6) is 11.6 Å². The summed E-state index contributed by atoms with van der Waals surface area (Å²) >= 11 is 0. The molecule has 4 aromatic rings. The van der Waals surface area contributed by atoms with Gasteiger partial charge in [0.15, 0.2) is 5.75 Å². The third-order valence-corrected chi connectivity index (χ3v) is 8.06. The molecule has 1 aliphatic rings. The third-order valence-electron chi connectivity index (χ3n) is 6.88. The number of rotatable bonds is 7. The number of benzene rings is 2. The number of fused-ring (bicyclic) bond motifs is 2. The average molecular weight is 527 g/mol. The van der Waals surface area contributed by atoms with Gasteiger partial charge in [0, 0.05) is 56.3 Å². The number of carbonyl (C=O) groups is 1.